The van der Waals surface area contributed by atoms with Gasteiger partial charge in [-0.1, -0.05) is 61.9 Å². The van der Waals surface area contributed by atoms with Gasteiger partial charge < -0.3 is 5.73 Å². The number of nitro benzene ring substituents is 1. The standard InChI is InChI=1S/C23H25N5O5/c1-2-3-13-26-21(24)20(22(30)25-23(26)31)27(15-16-9-5-4-6-10-16)19(29)14-17-11-7-8-12-18(17)28(32)33/h4-12H,2-3,13-15,24H2,1H3,(H,25,30,31). The number of carbonyl (C=O) groups excluding carboxylic acids is 1. The maximum atomic E-state index is 13.4. The molecule has 0 unspecified atom stereocenters. The van der Waals surface area contributed by atoms with Crippen LogP contribution in [-0.2, 0) is 24.3 Å². The van der Waals surface area contributed by atoms with E-state index < -0.39 is 22.1 Å². The van der Waals surface area contributed by atoms with E-state index in [2.05, 4.69) is 4.98 Å². The van der Waals surface area contributed by atoms with Crippen LogP contribution in [0.15, 0.2) is 64.2 Å². The van der Waals surface area contributed by atoms with E-state index in [1.54, 1.807) is 30.3 Å². The Morgan fingerprint density at radius 1 is 1.12 bits per heavy atom. The van der Waals surface area contributed by atoms with Gasteiger partial charge in [-0.3, -0.25) is 34.2 Å². The Morgan fingerprint density at radius 3 is 2.45 bits per heavy atom. The van der Waals surface area contributed by atoms with Gasteiger partial charge in [0.15, 0.2) is 5.69 Å². The predicted molar refractivity (Wildman–Crippen MR) is 125 cm³/mol. The molecule has 1 heterocycles. The van der Waals surface area contributed by atoms with Crippen molar-refractivity contribution in [3.8, 4) is 0 Å². The summed E-state index contributed by atoms with van der Waals surface area (Å²) >= 11 is 0. The van der Waals surface area contributed by atoms with Gasteiger partial charge in [0.05, 0.1) is 17.9 Å². The minimum Gasteiger partial charge on any atom is -0.383 e. The van der Waals surface area contributed by atoms with Crippen LogP contribution in [0.25, 0.3) is 0 Å². The van der Waals surface area contributed by atoms with E-state index in [-0.39, 0.29) is 42.3 Å². The molecule has 0 spiro atoms. The minimum absolute atomic E-state index is 0.000430. The molecule has 0 fully saturated rings. The molecule has 3 rings (SSSR count). The number of benzene rings is 2. The Kier molecular flexibility index (Phi) is 7.39. The van der Waals surface area contributed by atoms with Crippen LogP contribution in [-0.4, -0.2) is 20.4 Å². The normalized spacial score (nSPS) is 10.7. The van der Waals surface area contributed by atoms with Crippen molar-refractivity contribution in [2.75, 3.05) is 10.6 Å². The molecule has 10 nitrogen and oxygen atoms in total. The molecule has 10 heteroatoms. The Morgan fingerprint density at radius 2 is 1.79 bits per heavy atom. The lowest BCUT2D eigenvalue weighted by atomic mass is 10.1. The SMILES string of the molecule is CCCCn1c(N)c(N(Cc2ccccc2)C(=O)Cc2ccccc2[N+](=O)[O-])c(=O)[nH]c1=O. The fourth-order valence-electron chi connectivity index (χ4n) is 3.53. The number of hydrogen-bond acceptors (Lipinski definition) is 6. The number of H-pyrrole nitrogens is 1. The highest BCUT2D eigenvalue weighted by molar-refractivity contribution is 5.97. The summed E-state index contributed by atoms with van der Waals surface area (Å²) in [6, 6.07) is 14.9. The number of nitrogens with two attached hydrogens (primary N) is 1. The molecule has 172 valence electrons. The van der Waals surface area contributed by atoms with Gasteiger partial charge in [-0.2, -0.15) is 0 Å². The van der Waals surface area contributed by atoms with Crippen molar-refractivity contribution in [2.45, 2.75) is 39.3 Å². The molecule has 0 saturated carbocycles. The van der Waals surface area contributed by atoms with Crippen LogP contribution in [0.1, 0.15) is 30.9 Å². The van der Waals surface area contributed by atoms with Gasteiger partial charge in [0.25, 0.3) is 11.2 Å². The van der Waals surface area contributed by atoms with Crippen LogP contribution >= 0.6 is 0 Å². The van der Waals surface area contributed by atoms with Gasteiger partial charge in [-0.05, 0) is 12.0 Å². The number of aromatic amines is 1. The number of anilines is 2. The second kappa shape index (κ2) is 10.4. The lowest BCUT2D eigenvalue weighted by Gasteiger charge is -2.25. The lowest BCUT2D eigenvalue weighted by molar-refractivity contribution is -0.385. The Hall–Kier alpha value is -4.21. The smallest absolute Gasteiger partial charge is 0.330 e. The highest BCUT2D eigenvalue weighted by atomic mass is 16.6. The van der Waals surface area contributed by atoms with E-state index in [0.29, 0.717) is 6.42 Å². The summed E-state index contributed by atoms with van der Waals surface area (Å²) in [7, 11) is 0. The summed E-state index contributed by atoms with van der Waals surface area (Å²) in [6.45, 7) is 2.23. The van der Waals surface area contributed by atoms with Crippen LogP contribution in [0.5, 0.6) is 0 Å². The number of carbonyl (C=O) groups is 1. The maximum Gasteiger partial charge on any atom is 0.330 e. The molecule has 0 aliphatic carbocycles. The van der Waals surface area contributed by atoms with Crippen LogP contribution in [0, 0.1) is 10.1 Å². The summed E-state index contributed by atoms with van der Waals surface area (Å²) in [5.41, 5.74) is 5.36. The number of nitrogens with zero attached hydrogens (tertiary/aromatic N) is 3. The Balaban J connectivity index is 2.10. The van der Waals surface area contributed by atoms with Gasteiger partial charge in [-0.25, -0.2) is 4.79 Å². The van der Waals surface area contributed by atoms with Crippen LogP contribution in [0.4, 0.5) is 17.2 Å². The van der Waals surface area contributed by atoms with Gasteiger partial charge in [0, 0.05) is 18.2 Å². The number of unbranched alkanes of at least 4 members (excludes halogenated alkanes) is 1. The third kappa shape index (κ3) is 5.35. The van der Waals surface area contributed by atoms with Gasteiger partial charge in [0.1, 0.15) is 5.82 Å². The number of para-hydroxylation sites is 1. The highest BCUT2D eigenvalue weighted by Gasteiger charge is 2.26. The molecule has 1 amide bonds. The number of hydrogen-bond donors (Lipinski definition) is 2. The summed E-state index contributed by atoms with van der Waals surface area (Å²) in [6.07, 6.45) is 1.13. The molecule has 0 radical (unpaired) electrons. The fourth-order valence-corrected chi connectivity index (χ4v) is 3.53. The number of nitrogen functional groups attached to an aromatic ring is 1. The molecular formula is C23H25N5O5. The summed E-state index contributed by atoms with van der Waals surface area (Å²) in [5, 5.41) is 11.4. The van der Waals surface area contributed by atoms with Crippen LogP contribution < -0.4 is 21.9 Å². The predicted octanol–water partition coefficient (Wildman–Crippen LogP) is 2.60. The summed E-state index contributed by atoms with van der Waals surface area (Å²) < 4.78 is 1.23. The molecule has 33 heavy (non-hydrogen) atoms. The van der Waals surface area contributed by atoms with Crippen molar-refractivity contribution in [3.63, 3.8) is 0 Å². The average Bonchev–Trinajstić information content (AvgIpc) is 2.79. The number of aromatic nitrogens is 2. The van der Waals surface area contributed by atoms with Crippen molar-refractivity contribution < 1.29 is 9.72 Å². The first kappa shape index (κ1) is 23.5. The number of amides is 1. The van der Waals surface area contributed by atoms with E-state index in [1.807, 2.05) is 13.0 Å². The lowest BCUT2D eigenvalue weighted by Crippen LogP contribution is -2.41. The monoisotopic (exact) mass is 451 g/mol. The zero-order valence-electron chi connectivity index (χ0n) is 18.2. The fraction of sp³-hybridized carbons (Fsp3) is 0.261. The van der Waals surface area contributed by atoms with Crippen molar-refractivity contribution in [1.82, 2.24) is 9.55 Å². The molecule has 0 aliphatic heterocycles. The molecule has 3 N–H and O–H groups in total. The third-order valence-electron chi connectivity index (χ3n) is 5.23. The van der Waals surface area contributed by atoms with E-state index in [9.17, 15) is 24.5 Å². The van der Waals surface area contributed by atoms with Crippen LogP contribution in [0.2, 0.25) is 0 Å². The molecule has 2 aromatic carbocycles. The molecule has 0 aliphatic rings. The molecular weight excluding hydrogens is 426 g/mol. The van der Waals surface area contributed by atoms with E-state index >= 15 is 0 Å². The zero-order chi connectivity index (χ0) is 24.0. The minimum atomic E-state index is -0.794. The van der Waals surface area contributed by atoms with Gasteiger partial charge >= 0.3 is 5.69 Å². The van der Waals surface area contributed by atoms with Gasteiger partial charge in [0.2, 0.25) is 5.91 Å². The Labute approximate surface area is 189 Å². The van der Waals surface area contributed by atoms with Crippen molar-refractivity contribution in [1.29, 1.82) is 0 Å². The summed E-state index contributed by atoms with van der Waals surface area (Å²) in [5.74, 6) is -0.685. The molecule has 0 saturated heterocycles. The highest BCUT2D eigenvalue weighted by Crippen LogP contribution is 2.24. The number of nitro groups is 1. The quantitative estimate of drug-likeness (QED) is 0.378. The number of nitrogens with one attached hydrogen (secondary N) is 1. The second-order valence-electron chi connectivity index (χ2n) is 7.53. The van der Waals surface area contributed by atoms with Crippen molar-refractivity contribution >= 4 is 23.1 Å². The van der Waals surface area contributed by atoms with Crippen molar-refractivity contribution in [2.24, 2.45) is 0 Å². The molecule has 0 bridgehead atoms. The topological polar surface area (TPSA) is 144 Å². The Bertz CT molecular complexity index is 1270. The zero-order valence-corrected chi connectivity index (χ0v) is 18.2. The first-order chi connectivity index (χ1) is 15.8. The molecule has 0 atom stereocenters. The molecule has 1 aromatic heterocycles. The van der Waals surface area contributed by atoms with E-state index in [4.69, 9.17) is 5.73 Å². The second-order valence-corrected chi connectivity index (χ2v) is 7.53. The van der Waals surface area contributed by atoms with Crippen LogP contribution in [0.3, 0.4) is 0 Å². The van der Waals surface area contributed by atoms with E-state index in [1.165, 1.54) is 27.7 Å². The third-order valence-corrected chi connectivity index (χ3v) is 5.23. The maximum absolute atomic E-state index is 13.4. The average molecular weight is 451 g/mol. The number of rotatable bonds is 9. The van der Waals surface area contributed by atoms with Gasteiger partial charge in [-0.15, -0.1) is 0 Å². The van der Waals surface area contributed by atoms with Crippen molar-refractivity contribution in [3.05, 3.63) is 96.7 Å². The van der Waals surface area contributed by atoms with E-state index in [0.717, 1.165) is 12.0 Å². The first-order valence-corrected chi connectivity index (χ1v) is 10.5. The summed E-state index contributed by atoms with van der Waals surface area (Å²) in [4.78, 5) is 52.8. The largest absolute Gasteiger partial charge is 0.383 e. The molecule has 3 aromatic rings. The first-order valence-electron chi connectivity index (χ1n) is 10.5.